The maximum absolute atomic E-state index is 9.94. The minimum absolute atomic E-state index is 0.132. The molecular formula is C48H30O. The fourth-order valence-electron chi connectivity index (χ4n) is 6.09. The largest absolute Gasteiger partial charge is 0.455 e. The van der Waals surface area contributed by atoms with Crippen molar-refractivity contribution in [3.8, 4) is 44.7 Å². The average Bonchev–Trinajstić information content (AvgIpc) is 3.89. The van der Waals surface area contributed by atoms with Gasteiger partial charge in [0, 0.05) is 22.1 Å². The highest BCUT2D eigenvalue weighted by Gasteiger charge is 2.24. The van der Waals surface area contributed by atoms with Crippen LogP contribution in [0.5, 0.6) is 0 Å². The molecule has 0 saturated carbocycles. The molecule has 1 heterocycles. The van der Waals surface area contributed by atoms with Gasteiger partial charge in [0.05, 0.1) is 37.0 Å². The molecule has 0 fully saturated rings. The molecule has 10 rings (SSSR count). The summed E-state index contributed by atoms with van der Waals surface area (Å²) in [4.78, 5) is 0. The van der Waals surface area contributed by atoms with Crippen LogP contribution in [0.3, 0.4) is 0 Å². The van der Waals surface area contributed by atoms with E-state index in [0.29, 0.717) is 0 Å². The standard InChI is InChI=1S/C48H30O/c1-3-13-31(14-4-1)35-27-28-44-43(29-35)47(48(49-44)36-26-25-33-24-23-32-15-7-8-18-37(32)42(33)30-36)46-40-21-11-9-19-38(40)45(34-16-5-2-6-17-34)39-20-10-12-22-41(39)46/h1-30H/i1D,2D,3D,4D,5D,6D,7D,8D,9D,10D,11D,12D,13D,14D,15D,16D,17D,18D,19D,20D,21D,22D,23D,24D,25D,26D,30D. The quantitative estimate of drug-likeness (QED) is 0.137. The predicted molar refractivity (Wildman–Crippen MR) is 208 cm³/mol. The normalized spacial score (nSPS) is 19.4. The van der Waals surface area contributed by atoms with E-state index in [1.54, 1.807) is 0 Å². The van der Waals surface area contributed by atoms with E-state index in [1.807, 2.05) is 0 Å². The molecule has 0 atom stereocenters. The zero-order chi connectivity index (χ0) is 55.8. The summed E-state index contributed by atoms with van der Waals surface area (Å²) in [6.45, 7) is 0. The maximum Gasteiger partial charge on any atom is 0.143 e. The van der Waals surface area contributed by atoms with E-state index in [2.05, 4.69) is 0 Å². The van der Waals surface area contributed by atoms with Gasteiger partial charge in [-0.05, 0) is 83.5 Å². The Morgan fingerprint density at radius 1 is 0.347 bits per heavy atom. The van der Waals surface area contributed by atoms with E-state index >= 15 is 0 Å². The Bertz CT molecular complexity index is 4290. The Kier molecular flexibility index (Phi) is 2.69. The van der Waals surface area contributed by atoms with Crippen molar-refractivity contribution >= 4 is 54.1 Å². The summed E-state index contributed by atoms with van der Waals surface area (Å²) < 4.78 is 249. The van der Waals surface area contributed by atoms with Crippen molar-refractivity contribution in [3.05, 3.63) is 181 Å². The Morgan fingerprint density at radius 3 is 1.55 bits per heavy atom. The van der Waals surface area contributed by atoms with Crippen molar-refractivity contribution in [1.29, 1.82) is 0 Å². The highest BCUT2D eigenvalue weighted by Crippen LogP contribution is 2.50. The van der Waals surface area contributed by atoms with Gasteiger partial charge in [0.15, 0.2) is 0 Å². The zero-order valence-corrected chi connectivity index (χ0v) is 24.6. The van der Waals surface area contributed by atoms with Crippen molar-refractivity contribution in [2.75, 3.05) is 0 Å². The number of hydrogen-bond acceptors (Lipinski definition) is 1. The maximum atomic E-state index is 9.94. The first-order valence-corrected chi connectivity index (χ1v) is 14.6. The molecule has 0 bridgehead atoms. The molecule has 0 spiro atoms. The highest BCUT2D eigenvalue weighted by atomic mass is 16.3. The van der Waals surface area contributed by atoms with Gasteiger partial charge in [0.25, 0.3) is 0 Å². The van der Waals surface area contributed by atoms with Gasteiger partial charge in [0.1, 0.15) is 11.3 Å². The van der Waals surface area contributed by atoms with Gasteiger partial charge in [-0.3, -0.25) is 0 Å². The smallest absolute Gasteiger partial charge is 0.143 e. The third-order valence-corrected chi connectivity index (χ3v) is 8.14. The topological polar surface area (TPSA) is 13.1 Å². The van der Waals surface area contributed by atoms with E-state index in [-0.39, 0.29) is 22.1 Å². The van der Waals surface area contributed by atoms with Crippen molar-refractivity contribution < 1.29 is 41.4 Å². The molecule has 0 aliphatic carbocycles. The fraction of sp³-hybridized carbons (Fsp3) is 0. The lowest BCUT2D eigenvalue weighted by atomic mass is 9.84. The Morgan fingerprint density at radius 2 is 0.878 bits per heavy atom. The van der Waals surface area contributed by atoms with Crippen LogP contribution < -0.4 is 0 Å². The first-order valence-electron chi connectivity index (χ1n) is 28.1. The molecular weight excluding hydrogens is 593 g/mol. The van der Waals surface area contributed by atoms with E-state index in [1.165, 1.54) is 18.2 Å². The van der Waals surface area contributed by atoms with Crippen LogP contribution in [-0.4, -0.2) is 0 Å². The van der Waals surface area contributed by atoms with Gasteiger partial charge in [-0.1, -0.05) is 163 Å². The summed E-state index contributed by atoms with van der Waals surface area (Å²) in [7, 11) is 0. The van der Waals surface area contributed by atoms with Gasteiger partial charge in [-0.15, -0.1) is 0 Å². The lowest BCUT2D eigenvalue weighted by Crippen LogP contribution is -1.91. The fourth-order valence-corrected chi connectivity index (χ4v) is 6.09. The summed E-state index contributed by atoms with van der Waals surface area (Å²) in [6, 6.07) is -19.6. The van der Waals surface area contributed by atoms with E-state index in [4.69, 9.17) is 31.8 Å². The molecule has 0 aliphatic heterocycles. The first kappa shape index (κ1) is 11.9. The summed E-state index contributed by atoms with van der Waals surface area (Å²) in [5.41, 5.74) is -3.98. The predicted octanol–water partition coefficient (Wildman–Crippen LogP) is 13.7. The lowest BCUT2D eigenvalue weighted by molar-refractivity contribution is 0.632. The number of furan rings is 1. The summed E-state index contributed by atoms with van der Waals surface area (Å²) in [5, 5.41) is -5.04. The van der Waals surface area contributed by atoms with Gasteiger partial charge in [-0.25, -0.2) is 0 Å². The third-order valence-electron chi connectivity index (χ3n) is 8.14. The molecule has 0 amide bonds. The molecule has 0 unspecified atom stereocenters. The van der Waals surface area contributed by atoms with Crippen molar-refractivity contribution in [2.24, 2.45) is 0 Å². The van der Waals surface area contributed by atoms with Crippen LogP contribution >= 0.6 is 0 Å². The Labute approximate surface area is 322 Å². The van der Waals surface area contributed by atoms with Gasteiger partial charge < -0.3 is 4.42 Å². The van der Waals surface area contributed by atoms with Crippen LogP contribution in [0.15, 0.2) is 186 Å². The molecule has 1 aromatic heterocycles. The minimum atomic E-state index is -0.962. The molecule has 0 saturated heterocycles. The number of rotatable bonds is 4. The van der Waals surface area contributed by atoms with Gasteiger partial charge in [-0.2, -0.15) is 0 Å². The van der Waals surface area contributed by atoms with E-state index in [9.17, 15) is 9.60 Å². The molecule has 1 nitrogen and oxygen atoms in total. The van der Waals surface area contributed by atoms with E-state index in [0.717, 1.165) is 0 Å². The molecule has 0 radical (unpaired) electrons. The van der Waals surface area contributed by atoms with Gasteiger partial charge >= 0.3 is 0 Å². The van der Waals surface area contributed by atoms with E-state index < -0.39 is 240 Å². The first-order chi connectivity index (χ1) is 35.5. The van der Waals surface area contributed by atoms with Crippen molar-refractivity contribution in [1.82, 2.24) is 0 Å². The summed E-state index contributed by atoms with van der Waals surface area (Å²) >= 11 is 0. The van der Waals surface area contributed by atoms with Crippen LogP contribution in [0.2, 0.25) is 0 Å². The second kappa shape index (κ2) is 11.1. The Balaban J connectivity index is 1.56. The van der Waals surface area contributed by atoms with Crippen molar-refractivity contribution in [2.45, 2.75) is 0 Å². The number of benzene rings is 9. The van der Waals surface area contributed by atoms with Crippen LogP contribution in [0.4, 0.5) is 0 Å². The minimum Gasteiger partial charge on any atom is -0.455 e. The average molecular weight is 650 g/mol. The third kappa shape index (κ3) is 4.40. The van der Waals surface area contributed by atoms with Crippen LogP contribution in [0, 0.1) is 0 Å². The Hall–Kier alpha value is -6.44. The monoisotopic (exact) mass is 649 g/mol. The highest BCUT2D eigenvalue weighted by molar-refractivity contribution is 6.25. The molecule has 10 aromatic rings. The lowest BCUT2D eigenvalue weighted by Gasteiger charge is -2.18. The molecule has 228 valence electrons. The van der Waals surface area contributed by atoms with Crippen LogP contribution in [-0.2, 0) is 0 Å². The molecule has 49 heavy (non-hydrogen) atoms. The van der Waals surface area contributed by atoms with Crippen LogP contribution in [0.1, 0.15) is 37.0 Å². The molecule has 1 heteroatoms. The summed E-state index contributed by atoms with van der Waals surface area (Å²) in [5.74, 6) is -0.688. The molecule has 0 N–H and O–H groups in total. The van der Waals surface area contributed by atoms with Gasteiger partial charge in [0.2, 0.25) is 0 Å². The molecule has 9 aromatic carbocycles. The van der Waals surface area contributed by atoms with Crippen LogP contribution in [0.25, 0.3) is 98.8 Å². The number of fused-ring (bicyclic) bond motifs is 6. The second-order valence-electron chi connectivity index (χ2n) is 10.8. The number of hydrogen-bond donors (Lipinski definition) is 0. The molecule has 0 aliphatic rings. The van der Waals surface area contributed by atoms with Crippen molar-refractivity contribution in [3.63, 3.8) is 0 Å². The second-order valence-corrected chi connectivity index (χ2v) is 10.8. The summed E-state index contributed by atoms with van der Waals surface area (Å²) in [6.07, 6.45) is 0. The SMILES string of the molecule is [2H]c1c([2H])c([2H])c(-c2ccc3oc(-c4c([2H])c([2H])c5c([2H])c([2H])c6c([2H])c([2H])c([2H])c([2H])c6c5c4[2H])c(-c4c5c([2H])c([2H])c([2H])c([2H])c5c(-c5c([2H])c([2H])c([2H])c([2H])c5[2H])c5c([2H])c([2H])c([2H])c([2H])c45)c3c2)c([2H])c1[2H]. The zero-order valence-electron chi connectivity index (χ0n) is 51.6.